The van der Waals surface area contributed by atoms with Crippen LogP contribution in [-0.2, 0) is 0 Å². The van der Waals surface area contributed by atoms with Crippen molar-refractivity contribution in [2.45, 2.75) is 19.8 Å². The number of nitrogens with one attached hydrogen (secondary N) is 2. The van der Waals surface area contributed by atoms with Gasteiger partial charge in [-0.1, -0.05) is 0 Å². The van der Waals surface area contributed by atoms with Crippen molar-refractivity contribution < 1.29 is 0 Å². The molecule has 5 heteroatoms. The Labute approximate surface area is 107 Å². The molecule has 0 amide bonds. The van der Waals surface area contributed by atoms with Gasteiger partial charge in [0, 0.05) is 12.7 Å². The summed E-state index contributed by atoms with van der Waals surface area (Å²) in [6.45, 7) is 5.29. The third kappa shape index (κ3) is 2.46. The summed E-state index contributed by atoms with van der Waals surface area (Å²) in [7, 11) is 0. The number of aryl methyl sites for hydroxylation is 1. The average Bonchev–Trinajstić information content (AvgIpc) is 2.79. The molecule has 1 aliphatic rings. The van der Waals surface area contributed by atoms with Gasteiger partial charge in [0.05, 0.1) is 0 Å². The lowest BCUT2D eigenvalue weighted by molar-refractivity contribution is 0.389. The van der Waals surface area contributed by atoms with Crippen LogP contribution in [0.2, 0.25) is 0 Å². The van der Waals surface area contributed by atoms with E-state index in [0.29, 0.717) is 0 Å². The second kappa shape index (κ2) is 4.94. The normalized spacial score (nSPS) is 17.2. The summed E-state index contributed by atoms with van der Waals surface area (Å²) in [6, 6.07) is 4.08. The molecular formula is C13H19N5. The Morgan fingerprint density at radius 3 is 3.11 bits per heavy atom. The van der Waals surface area contributed by atoms with E-state index in [2.05, 4.69) is 27.6 Å². The molecule has 1 saturated heterocycles. The van der Waals surface area contributed by atoms with Gasteiger partial charge in [-0.15, -0.1) is 5.10 Å². The van der Waals surface area contributed by atoms with Crippen LogP contribution in [0.1, 0.15) is 18.4 Å². The number of pyridine rings is 1. The van der Waals surface area contributed by atoms with E-state index in [9.17, 15) is 0 Å². The molecule has 2 N–H and O–H groups in total. The van der Waals surface area contributed by atoms with Gasteiger partial charge in [0.25, 0.3) is 0 Å². The SMILES string of the molecule is Cc1ccn2nc(NCC3CCNCC3)nc2c1. The average molecular weight is 245 g/mol. The maximum absolute atomic E-state index is 4.48. The lowest BCUT2D eigenvalue weighted by Crippen LogP contribution is -2.31. The van der Waals surface area contributed by atoms with Crippen LogP contribution < -0.4 is 10.6 Å². The van der Waals surface area contributed by atoms with Gasteiger partial charge in [-0.05, 0) is 56.5 Å². The van der Waals surface area contributed by atoms with Gasteiger partial charge in [-0.2, -0.15) is 4.98 Å². The third-order valence-electron chi connectivity index (χ3n) is 3.50. The largest absolute Gasteiger partial charge is 0.353 e. The number of fused-ring (bicyclic) bond motifs is 1. The minimum Gasteiger partial charge on any atom is -0.353 e. The van der Waals surface area contributed by atoms with Crippen molar-refractivity contribution in [3.63, 3.8) is 0 Å². The highest BCUT2D eigenvalue weighted by Gasteiger charge is 2.13. The van der Waals surface area contributed by atoms with E-state index in [1.165, 1.54) is 18.4 Å². The highest BCUT2D eigenvalue weighted by molar-refractivity contribution is 5.45. The molecule has 18 heavy (non-hydrogen) atoms. The van der Waals surface area contributed by atoms with Gasteiger partial charge in [-0.25, -0.2) is 4.52 Å². The van der Waals surface area contributed by atoms with Crippen LogP contribution in [0.3, 0.4) is 0 Å². The van der Waals surface area contributed by atoms with Crippen molar-refractivity contribution >= 4 is 11.6 Å². The van der Waals surface area contributed by atoms with Crippen LogP contribution in [-0.4, -0.2) is 34.2 Å². The summed E-state index contributed by atoms with van der Waals surface area (Å²) in [4.78, 5) is 4.48. The van der Waals surface area contributed by atoms with E-state index < -0.39 is 0 Å². The molecule has 3 heterocycles. The number of rotatable bonds is 3. The summed E-state index contributed by atoms with van der Waals surface area (Å²) in [5.74, 6) is 1.47. The molecule has 0 aliphatic carbocycles. The predicted octanol–water partition coefficient (Wildman–Crippen LogP) is 1.45. The van der Waals surface area contributed by atoms with Crippen molar-refractivity contribution in [3.8, 4) is 0 Å². The number of piperidine rings is 1. The van der Waals surface area contributed by atoms with Crippen molar-refractivity contribution in [1.29, 1.82) is 0 Å². The van der Waals surface area contributed by atoms with Gasteiger partial charge < -0.3 is 10.6 Å². The van der Waals surface area contributed by atoms with Gasteiger partial charge >= 0.3 is 0 Å². The minimum atomic E-state index is 0.735. The number of hydrogen-bond donors (Lipinski definition) is 2. The number of aromatic nitrogens is 3. The Kier molecular flexibility index (Phi) is 3.15. The molecule has 5 nitrogen and oxygen atoms in total. The Morgan fingerprint density at radius 2 is 2.28 bits per heavy atom. The maximum atomic E-state index is 4.48. The summed E-state index contributed by atoms with van der Waals surface area (Å²) in [5, 5.41) is 11.1. The fourth-order valence-corrected chi connectivity index (χ4v) is 2.38. The topological polar surface area (TPSA) is 54.2 Å². The van der Waals surface area contributed by atoms with E-state index in [1.807, 2.05) is 22.8 Å². The molecule has 0 spiro atoms. The summed E-state index contributed by atoms with van der Waals surface area (Å²) >= 11 is 0. The molecule has 0 saturated carbocycles. The molecule has 0 aromatic carbocycles. The third-order valence-corrected chi connectivity index (χ3v) is 3.50. The minimum absolute atomic E-state index is 0.735. The van der Waals surface area contributed by atoms with Crippen molar-refractivity contribution in [2.24, 2.45) is 5.92 Å². The first kappa shape index (κ1) is 11.5. The Hall–Kier alpha value is -1.62. The van der Waals surface area contributed by atoms with Crippen LogP contribution in [0.5, 0.6) is 0 Å². The molecular weight excluding hydrogens is 226 g/mol. The maximum Gasteiger partial charge on any atom is 0.243 e. The number of hydrogen-bond acceptors (Lipinski definition) is 4. The molecule has 0 atom stereocenters. The molecule has 96 valence electrons. The van der Waals surface area contributed by atoms with Gasteiger partial charge in [0.1, 0.15) is 0 Å². The van der Waals surface area contributed by atoms with Crippen molar-refractivity contribution in [2.75, 3.05) is 25.0 Å². The number of anilines is 1. The number of nitrogens with zero attached hydrogens (tertiary/aromatic N) is 3. The Morgan fingerprint density at radius 1 is 1.44 bits per heavy atom. The molecule has 2 aromatic rings. The van der Waals surface area contributed by atoms with Gasteiger partial charge in [-0.3, -0.25) is 0 Å². The first-order valence-corrected chi connectivity index (χ1v) is 6.59. The zero-order valence-electron chi connectivity index (χ0n) is 10.7. The van der Waals surface area contributed by atoms with E-state index in [0.717, 1.165) is 37.1 Å². The van der Waals surface area contributed by atoms with E-state index >= 15 is 0 Å². The first-order chi connectivity index (χ1) is 8.81. The van der Waals surface area contributed by atoms with E-state index in [-0.39, 0.29) is 0 Å². The highest BCUT2D eigenvalue weighted by atomic mass is 15.3. The summed E-state index contributed by atoms with van der Waals surface area (Å²) in [5.41, 5.74) is 2.11. The van der Waals surface area contributed by atoms with Crippen LogP contribution in [0.25, 0.3) is 5.65 Å². The Balaban J connectivity index is 1.67. The standard InChI is InChI=1S/C13H19N5/c1-10-4-7-18-12(8-10)16-13(17-18)15-9-11-2-5-14-6-3-11/h4,7-8,11,14H,2-3,5-6,9H2,1H3,(H,15,17). The molecule has 2 aromatic heterocycles. The van der Waals surface area contributed by atoms with Gasteiger partial charge in [0.2, 0.25) is 5.95 Å². The monoisotopic (exact) mass is 245 g/mol. The van der Waals surface area contributed by atoms with Crippen LogP contribution in [0.15, 0.2) is 18.3 Å². The van der Waals surface area contributed by atoms with E-state index in [1.54, 1.807) is 0 Å². The van der Waals surface area contributed by atoms with Gasteiger partial charge in [0.15, 0.2) is 5.65 Å². The van der Waals surface area contributed by atoms with Crippen LogP contribution in [0.4, 0.5) is 5.95 Å². The molecule has 0 bridgehead atoms. The van der Waals surface area contributed by atoms with Crippen LogP contribution in [0, 0.1) is 12.8 Å². The Bertz CT molecular complexity index is 527. The highest BCUT2D eigenvalue weighted by Crippen LogP contribution is 2.13. The lowest BCUT2D eigenvalue weighted by Gasteiger charge is -2.22. The molecule has 1 fully saturated rings. The van der Waals surface area contributed by atoms with Crippen molar-refractivity contribution in [3.05, 3.63) is 23.9 Å². The first-order valence-electron chi connectivity index (χ1n) is 6.59. The fourth-order valence-electron chi connectivity index (χ4n) is 2.38. The fraction of sp³-hybridized carbons (Fsp3) is 0.538. The summed E-state index contributed by atoms with van der Waals surface area (Å²) < 4.78 is 1.82. The quantitative estimate of drug-likeness (QED) is 0.859. The second-order valence-electron chi connectivity index (χ2n) is 5.02. The smallest absolute Gasteiger partial charge is 0.243 e. The van der Waals surface area contributed by atoms with E-state index in [4.69, 9.17) is 0 Å². The predicted molar refractivity (Wildman–Crippen MR) is 71.8 cm³/mol. The summed E-state index contributed by atoms with van der Waals surface area (Å²) in [6.07, 6.45) is 4.42. The van der Waals surface area contributed by atoms with Crippen molar-refractivity contribution in [1.82, 2.24) is 19.9 Å². The zero-order valence-corrected chi connectivity index (χ0v) is 10.7. The van der Waals surface area contributed by atoms with Crippen LogP contribution >= 0.6 is 0 Å². The molecule has 0 unspecified atom stereocenters. The molecule has 1 aliphatic heterocycles. The second-order valence-corrected chi connectivity index (χ2v) is 5.02. The zero-order chi connectivity index (χ0) is 12.4. The molecule has 0 radical (unpaired) electrons. The lowest BCUT2D eigenvalue weighted by atomic mass is 9.98. The molecule has 3 rings (SSSR count).